The van der Waals surface area contributed by atoms with Crippen LogP contribution in [0.3, 0.4) is 0 Å². The Kier molecular flexibility index (Phi) is 3.12. The van der Waals surface area contributed by atoms with Crippen LogP contribution in [-0.2, 0) is 0 Å². The van der Waals surface area contributed by atoms with Gasteiger partial charge in [-0.15, -0.1) is 11.3 Å². The maximum Gasteiger partial charge on any atom is 0.0909 e. The molecule has 0 saturated carbocycles. The van der Waals surface area contributed by atoms with Gasteiger partial charge in [-0.2, -0.15) is 0 Å². The average Bonchev–Trinajstić information content (AvgIpc) is 2.34. The van der Waals surface area contributed by atoms with Crippen LogP contribution in [0.5, 0.6) is 0 Å². The van der Waals surface area contributed by atoms with E-state index in [1.165, 1.54) is 9.88 Å². The molecule has 0 aromatic carbocycles. The number of anilines is 1. The van der Waals surface area contributed by atoms with Gasteiger partial charge in [0.1, 0.15) is 0 Å². The van der Waals surface area contributed by atoms with Crippen molar-refractivity contribution in [1.29, 1.82) is 0 Å². The molecule has 2 nitrogen and oxygen atoms in total. The molecular weight excluding hydrogens is 170 g/mol. The number of aryl methyl sites for hydroxylation is 1. The quantitative estimate of drug-likeness (QED) is 0.777. The molecule has 1 rings (SSSR count). The molecule has 1 aromatic heterocycles. The SMILES string of the molecule is Cc1ccc(N(C)CC(C)O)s1. The summed E-state index contributed by atoms with van der Waals surface area (Å²) in [6, 6.07) is 4.18. The number of aliphatic hydroxyl groups is 1. The first-order valence-electron chi connectivity index (χ1n) is 4.05. The fourth-order valence-electron chi connectivity index (χ4n) is 1.11. The van der Waals surface area contributed by atoms with Gasteiger partial charge in [0.25, 0.3) is 0 Å². The second-order valence-electron chi connectivity index (χ2n) is 3.11. The minimum Gasteiger partial charge on any atom is -0.392 e. The summed E-state index contributed by atoms with van der Waals surface area (Å²) in [4.78, 5) is 3.38. The Morgan fingerprint density at radius 1 is 1.58 bits per heavy atom. The molecule has 12 heavy (non-hydrogen) atoms. The molecule has 0 aliphatic carbocycles. The highest BCUT2D eigenvalue weighted by Crippen LogP contribution is 2.23. The number of likely N-dealkylation sites (N-methyl/N-ethyl adjacent to an activating group) is 1. The van der Waals surface area contributed by atoms with Crippen molar-refractivity contribution in [2.45, 2.75) is 20.0 Å². The van der Waals surface area contributed by atoms with Gasteiger partial charge in [0.2, 0.25) is 0 Å². The van der Waals surface area contributed by atoms with Crippen molar-refractivity contribution in [2.75, 3.05) is 18.5 Å². The zero-order valence-electron chi connectivity index (χ0n) is 7.74. The zero-order chi connectivity index (χ0) is 9.14. The molecule has 0 radical (unpaired) electrons. The smallest absolute Gasteiger partial charge is 0.0909 e. The van der Waals surface area contributed by atoms with Crippen molar-refractivity contribution < 1.29 is 5.11 Å². The Morgan fingerprint density at radius 2 is 2.25 bits per heavy atom. The van der Waals surface area contributed by atoms with Gasteiger partial charge in [-0.3, -0.25) is 0 Å². The Hall–Kier alpha value is -0.540. The fourth-order valence-corrected chi connectivity index (χ4v) is 1.95. The van der Waals surface area contributed by atoms with E-state index in [0.29, 0.717) is 6.54 Å². The monoisotopic (exact) mass is 185 g/mol. The van der Waals surface area contributed by atoms with Crippen molar-refractivity contribution in [2.24, 2.45) is 0 Å². The molecule has 68 valence electrons. The predicted molar refractivity (Wildman–Crippen MR) is 54.0 cm³/mol. The van der Waals surface area contributed by atoms with Crippen LogP contribution < -0.4 is 4.90 Å². The number of rotatable bonds is 3. The van der Waals surface area contributed by atoms with Crippen LogP contribution in [0.4, 0.5) is 5.00 Å². The molecule has 1 heterocycles. The second kappa shape index (κ2) is 3.92. The lowest BCUT2D eigenvalue weighted by atomic mass is 10.4. The number of thiophene rings is 1. The van der Waals surface area contributed by atoms with Crippen molar-refractivity contribution in [3.63, 3.8) is 0 Å². The van der Waals surface area contributed by atoms with E-state index in [-0.39, 0.29) is 6.10 Å². The second-order valence-corrected chi connectivity index (χ2v) is 4.38. The van der Waals surface area contributed by atoms with Crippen molar-refractivity contribution in [3.8, 4) is 0 Å². The van der Waals surface area contributed by atoms with Gasteiger partial charge in [-0.1, -0.05) is 0 Å². The maximum atomic E-state index is 9.15. The van der Waals surface area contributed by atoms with Crippen LogP contribution in [0.2, 0.25) is 0 Å². The lowest BCUT2D eigenvalue weighted by Gasteiger charge is -2.18. The molecule has 0 saturated heterocycles. The summed E-state index contributed by atoms with van der Waals surface area (Å²) in [6.07, 6.45) is -0.266. The fraction of sp³-hybridized carbons (Fsp3) is 0.556. The van der Waals surface area contributed by atoms with E-state index in [1.807, 2.05) is 7.05 Å². The van der Waals surface area contributed by atoms with E-state index in [2.05, 4.69) is 24.0 Å². The molecule has 0 aliphatic rings. The van der Waals surface area contributed by atoms with Crippen LogP contribution in [0.1, 0.15) is 11.8 Å². The molecule has 0 spiro atoms. The van der Waals surface area contributed by atoms with Crippen LogP contribution in [0.15, 0.2) is 12.1 Å². The third-order valence-electron chi connectivity index (χ3n) is 1.64. The lowest BCUT2D eigenvalue weighted by Crippen LogP contribution is -2.25. The largest absolute Gasteiger partial charge is 0.392 e. The number of hydrogen-bond acceptors (Lipinski definition) is 3. The number of aliphatic hydroxyl groups excluding tert-OH is 1. The number of hydrogen-bond donors (Lipinski definition) is 1. The molecule has 0 bridgehead atoms. The highest BCUT2D eigenvalue weighted by atomic mass is 32.1. The van der Waals surface area contributed by atoms with Crippen molar-refractivity contribution >= 4 is 16.3 Å². The van der Waals surface area contributed by atoms with Gasteiger partial charge in [0.15, 0.2) is 0 Å². The summed E-state index contributed by atoms with van der Waals surface area (Å²) >= 11 is 1.75. The van der Waals surface area contributed by atoms with Crippen LogP contribution in [-0.4, -0.2) is 24.8 Å². The Labute approximate surface area is 77.5 Å². The summed E-state index contributed by atoms with van der Waals surface area (Å²) in [5, 5.41) is 10.4. The molecule has 0 aliphatic heterocycles. The maximum absolute atomic E-state index is 9.15. The Morgan fingerprint density at radius 3 is 2.67 bits per heavy atom. The first-order valence-corrected chi connectivity index (χ1v) is 4.87. The third-order valence-corrected chi connectivity index (χ3v) is 2.76. The number of nitrogens with zero attached hydrogens (tertiary/aromatic N) is 1. The molecule has 1 unspecified atom stereocenters. The molecule has 1 N–H and O–H groups in total. The van der Waals surface area contributed by atoms with Gasteiger partial charge < -0.3 is 10.0 Å². The van der Waals surface area contributed by atoms with E-state index < -0.39 is 0 Å². The molecule has 1 atom stereocenters. The van der Waals surface area contributed by atoms with Crippen LogP contribution >= 0.6 is 11.3 Å². The lowest BCUT2D eigenvalue weighted by molar-refractivity contribution is 0.202. The molecular formula is C9H15NOS. The normalized spacial score (nSPS) is 13.0. The summed E-state index contributed by atoms with van der Waals surface area (Å²) in [5.74, 6) is 0. The summed E-state index contributed by atoms with van der Waals surface area (Å²) in [7, 11) is 2.00. The predicted octanol–water partition coefficient (Wildman–Crippen LogP) is 1.87. The first kappa shape index (κ1) is 9.55. The summed E-state index contributed by atoms with van der Waals surface area (Å²) in [6.45, 7) is 4.58. The van der Waals surface area contributed by atoms with Gasteiger partial charge in [-0.25, -0.2) is 0 Å². The Bertz CT molecular complexity index is 244. The van der Waals surface area contributed by atoms with E-state index in [4.69, 9.17) is 5.11 Å². The topological polar surface area (TPSA) is 23.5 Å². The molecule has 3 heteroatoms. The summed E-state index contributed by atoms with van der Waals surface area (Å²) < 4.78 is 0. The Balaban J connectivity index is 2.58. The molecule has 1 aromatic rings. The van der Waals surface area contributed by atoms with Gasteiger partial charge in [0.05, 0.1) is 11.1 Å². The van der Waals surface area contributed by atoms with Gasteiger partial charge in [-0.05, 0) is 26.0 Å². The highest BCUT2D eigenvalue weighted by Gasteiger charge is 2.05. The molecule has 0 amide bonds. The third kappa shape index (κ3) is 2.50. The minimum atomic E-state index is -0.266. The van der Waals surface area contributed by atoms with E-state index >= 15 is 0 Å². The van der Waals surface area contributed by atoms with Crippen molar-refractivity contribution in [1.82, 2.24) is 0 Å². The van der Waals surface area contributed by atoms with E-state index in [9.17, 15) is 0 Å². The molecule has 0 fully saturated rings. The average molecular weight is 185 g/mol. The van der Waals surface area contributed by atoms with Crippen molar-refractivity contribution in [3.05, 3.63) is 17.0 Å². The van der Waals surface area contributed by atoms with E-state index in [1.54, 1.807) is 18.3 Å². The van der Waals surface area contributed by atoms with Crippen LogP contribution in [0, 0.1) is 6.92 Å². The first-order chi connectivity index (χ1) is 5.59. The van der Waals surface area contributed by atoms with Gasteiger partial charge in [0, 0.05) is 18.5 Å². The minimum absolute atomic E-state index is 0.266. The van der Waals surface area contributed by atoms with E-state index in [0.717, 1.165) is 0 Å². The zero-order valence-corrected chi connectivity index (χ0v) is 8.56. The van der Waals surface area contributed by atoms with Crippen LogP contribution in [0.25, 0.3) is 0 Å². The standard InChI is InChI=1S/C9H15NOS/c1-7(11)6-10(3)9-5-4-8(2)12-9/h4-5,7,11H,6H2,1-3H3. The highest BCUT2D eigenvalue weighted by molar-refractivity contribution is 7.16. The van der Waals surface area contributed by atoms with Gasteiger partial charge >= 0.3 is 0 Å². The summed E-state index contributed by atoms with van der Waals surface area (Å²) in [5.41, 5.74) is 0.